The largest absolute Gasteiger partial charge is 0.360 e. The summed E-state index contributed by atoms with van der Waals surface area (Å²) in [5.74, 6) is -1.02. The van der Waals surface area contributed by atoms with Crippen LogP contribution in [0.25, 0.3) is 0 Å². The molecule has 0 atom stereocenters. The molecule has 0 saturated carbocycles. The van der Waals surface area contributed by atoms with Gasteiger partial charge in [0.05, 0.1) is 6.54 Å². The minimum absolute atomic E-state index is 0.0353. The van der Waals surface area contributed by atoms with Crippen LogP contribution in [0.3, 0.4) is 0 Å². The summed E-state index contributed by atoms with van der Waals surface area (Å²) < 4.78 is 31.1. The van der Waals surface area contributed by atoms with Gasteiger partial charge in [-0.3, -0.25) is 14.5 Å². The summed E-state index contributed by atoms with van der Waals surface area (Å²) >= 11 is 0. The van der Waals surface area contributed by atoms with Crippen molar-refractivity contribution >= 4 is 17.6 Å². The number of rotatable bonds is 6. The maximum atomic E-state index is 13.2. The number of halogens is 2. The van der Waals surface area contributed by atoms with Crippen LogP contribution < -0.4 is 5.32 Å². The van der Waals surface area contributed by atoms with Gasteiger partial charge >= 0.3 is 0 Å². The number of carbonyl (C=O) groups excluding carboxylic acids is 2. The van der Waals surface area contributed by atoms with Gasteiger partial charge in [0.2, 0.25) is 11.8 Å². The monoisotopic (exact) mass is 392 g/mol. The lowest BCUT2D eigenvalue weighted by atomic mass is 10.1. The summed E-state index contributed by atoms with van der Waals surface area (Å²) in [6.45, 7) is 4.17. The van der Waals surface area contributed by atoms with Crippen LogP contribution in [0.15, 0.2) is 28.8 Å². The zero-order chi connectivity index (χ0) is 20.1. The zero-order valence-corrected chi connectivity index (χ0v) is 15.6. The van der Waals surface area contributed by atoms with Crippen LogP contribution in [-0.2, 0) is 16.0 Å². The molecule has 1 N–H and O–H groups in total. The van der Waals surface area contributed by atoms with Crippen LogP contribution in [0.1, 0.15) is 17.7 Å². The Morgan fingerprint density at radius 1 is 1.14 bits per heavy atom. The average Bonchev–Trinajstić information content (AvgIpc) is 3.07. The van der Waals surface area contributed by atoms with Gasteiger partial charge in [-0.1, -0.05) is 11.2 Å². The molecule has 0 radical (unpaired) electrons. The summed E-state index contributed by atoms with van der Waals surface area (Å²) in [5.41, 5.74) is 0.589. The topological polar surface area (TPSA) is 78.7 Å². The molecule has 28 heavy (non-hydrogen) atoms. The summed E-state index contributed by atoms with van der Waals surface area (Å²) in [7, 11) is 0. The van der Waals surface area contributed by atoms with E-state index in [-0.39, 0.29) is 24.8 Å². The first-order chi connectivity index (χ1) is 13.4. The lowest BCUT2D eigenvalue weighted by molar-refractivity contribution is -0.133. The predicted molar refractivity (Wildman–Crippen MR) is 97.6 cm³/mol. The molecule has 1 aliphatic heterocycles. The van der Waals surface area contributed by atoms with Gasteiger partial charge in [-0.15, -0.1) is 0 Å². The highest BCUT2D eigenvalue weighted by atomic mass is 19.2. The van der Waals surface area contributed by atoms with E-state index in [0.29, 0.717) is 49.7 Å². The van der Waals surface area contributed by atoms with Crippen LogP contribution in [-0.4, -0.2) is 59.5 Å². The third-order valence-corrected chi connectivity index (χ3v) is 4.60. The lowest BCUT2D eigenvalue weighted by Gasteiger charge is -2.34. The second kappa shape index (κ2) is 8.92. The molecule has 3 rings (SSSR count). The molecule has 7 nitrogen and oxygen atoms in total. The van der Waals surface area contributed by atoms with Crippen LogP contribution >= 0.6 is 0 Å². The minimum Gasteiger partial charge on any atom is -0.360 e. The van der Waals surface area contributed by atoms with Crippen LogP contribution in [0.2, 0.25) is 0 Å². The van der Waals surface area contributed by atoms with Crippen molar-refractivity contribution in [3.05, 3.63) is 47.2 Å². The van der Waals surface area contributed by atoms with E-state index in [1.807, 2.05) is 4.90 Å². The third kappa shape index (κ3) is 5.35. The molecule has 1 aromatic heterocycles. The fraction of sp³-hybridized carbons (Fsp3) is 0.421. The second-order valence-electron chi connectivity index (χ2n) is 6.78. The Morgan fingerprint density at radius 2 is 1.89 bits per heavy atom. The number of piperazine rings is 1. The smallest absolute Gasteiger partial charge is 0.239 e. The number of carbonyl (C=O) groups is 2. The number of hydrogen-bond donors (Lipinski definition) is 1. The summed E-state index contributed by atoms with van der Waals surface area (Å²) in [6, 6.07) is 5.31. The van der Waals surface area contributed by atoms with Crippen molar-refractivity contribution in [2.45, 2.75) is 19.8 Å². The van der Waals surface area contributed by atoms with Gasteiger partial charge in [0, 0.05) is 38.7 Å². The maximum absolute atomic E-state index is 13.2. The Kier molecular flexibility index (Phi) is 6.35. The predicted octanol–water partition coefficient (Wildman–Crippen LogP) is 1.98. The van der Waals surface area contributed by atoms with E-state index in [1.54, 1.807) is 17.9 Å². The molecule has 1 fully saturated rings. The molecule has 2 aromatic rings. The second-order valence-corrected chi connectivity index (χ2v) is 6.78. The van der Waals surface area contributed by atoms with E-state index in [4.69, 9.17) is 4.52 Å². The summed E-state index contributed by atoms with van der Waals surface area (Å²) in [5, 5.41) is 6.38. The summed E-state index contributed by atoms with van der Waals surface area (Å²) in [4.78, 5) is 28.1. The van der Waals surface area contributed by atoms with E-state index in [9.17, 15) is 18.4 Å². The third-order valence-electron chi connectivity index (χ3n) is 4.60. The Labute approximate surface area is 161 Å². The number of aryl methyl sites for hydroxylation is 2. The fourth-order valence-corrected chi connectivity index (χ4v) is 3.07. The fourth-order valence-electron chi connectivity index (χ4n) is 3.07. The number of benzene rings is 1. The van der Waals surface area contributed by atoms with Crippen LogP contribution in [0.5, 0.6) is 0 Å². The molecular formula is C19H22F2N4O3. The Bertz CT molecular complexity index is 847. The first-order valence-electron chi connectivity index (χ1n) is 9.08. The standard InChI is InChI=1S/C19H22F2N4O3/c1-13-10-17(23-28-13)22-18(26)12-24-6-8-25(9-7-24)19(27)5-3-14-2-4-15(20)16(21)11-14/h2,4,10-11H,3,5-9,12H2,1H3,(H,22,23,26). The van der Waals surface area contributed by atoms with E-state index >= 15 is 0 Å². The first-order valence-corrected chi connectivity index (χ1v) is 9.08. The molecule has 1 aliphatic rings. The van der Waals surface area contributed by atoms with Gasteiger partial charge in [-0.2, -0.15) is 0 Å². The lowest BCUT2D eigenvalue weighted by Crippen LogP contribution is -2.50. The number of anilines is 1. The van der Waals surface area contributed by atoms with Gasteiger partial charge in [0.25, 0.3) is 0 Å². The normalized spacial score (nSPS) is 14.9. The number of hydrogen-bond acceptors (Lipinski definition) is 5. The van der Waals surface area contributed by atoms with E-state index < -0.39 is 11.6 Å². The van der Waals surface area contributed by atoms with Crippen molar-refractivity contribution in [2.24, 2.45) is 0 Å². The minimum atomic E-state index is -0.905. The van der Waals surface area contributed by atoms with Crippen molar-refractivity contribution in [1.29, 1.82) is 0 Å². The molecule has 1 saturated heterocycles. The van der Waals surface area contributed by atoms with Crippen molar-refractivity contribution in [2.75, 3.05) is 38.0 Å². The van der Waals surface area contributed by atoms with E-state index in [0.717, 1.165) is 12.1 Å². The van der Waals surface area contributed by atoms with Crippen LogP contribution in [0, 0.1) is 18.6 Å². The van der Waals surface area contributed by atoms with Crippen molar-refractivity contribution < 1.29 is 22.9 Å². The summed E-state index contributed by atoms with van der Waals surface area (Å²) in [6.07, 6.45) is 0.590. The maximum Gasteiger partial charge on any atom is 0.239 e. The molecule has 2 heterocycles. The highest BCUT2D eigenvalue weighted by Crippen LogP contribution is 2.12. The van der Waals surface area contributed by atoms with E-state index in [1.165, 1.54) is 6.07 Å². The molecule has 9 heteroatoms. The molecule has 150 valence electrons. The van der Waals surface area contributed by atoms with Gasteiger partial charge in [0.15, 0.2) is 17.5 Å². The Morgan fingerprint density at radius 3 is 2.54 bits per heavy atom. The van der Waals surface area contributed by atoms with Gasteiger partial charge in [-0.25, -0.2) is 8.78 Å². The Balaban J connectivity index is 1.39. The molecule has 2 amide bonds. The number of nitrogens with zero attached hydrogens (tertiary/aromatic N) is 3. The van der Waals surface area contributed by atoms with E-state index in [2.05, 4.69) is 10.5 Å². The van der Waals surface area contributed by atoms with Gasteiger partial charge in [0.1, 0.15) is 5.76 Å². The highest BCUT2D eigenvalue weighted by molar-refractivity contribution is 5.91. The highest BCUT2D eigenvalue weighted by Gasteiger charge is 2.22. The molecule has 1 aromatic carbocycles. The zero-order valence-electron chi connectivity index (χ0n) is 15.6. The van der Waals surface area contributed by atoms with Crippen molar-refractivity contribution in [1.82, 2.24) is 15.0 Å². The molecule has 0 unspecified atom stereocenters. The number of aromatic nitrogens is 1. The molecule has 0 spiro atoms. The SMILES string of the molecule is Cc1cc(NC(=O)CN2CCN(C(=O)CCc3ccc(F)c(F)c3)CC2)no1. The van der Waals surface area contributed by atoms with Crippen molar-refractivity contribution in [3.63, 3.8) is 0 Å². The van der Waals surface area contributed by atoms with Gasteiger partial charge in [-0.05, 0) is 31.0 Å². The van der Waals surface area contributed by atoms with Gasteiger partial charge < -0.3 is 14.7 Å². The Hall–Kier alpha value is -2.81. The van der Waals surface area contributed by atoms with Crippen molar-refractivity contribution in [3.8, 4) is 0 Å². The molecule has 0 bridgehead atoms. The molecular weight excluding hydrogens is 370 g/mol. The number of nitrogens with one attached hydrogen (secondary N) is 1. The molecule has 0 aliphatic carbocycles. The van der Waals surface area contributed by atoms with Crippen LogP contribution in [0.4, 0.5) is 14.6 Å². The average molecular weight is 392 g/mol. The quantitative estimate of drug-likeness (QED) is 0.813. The first kappa shape index (κ1) is 19.9. The number of amides is 2.